The van der Waals surface area contributed by atoms with Gasteiger partial charge in [-0.15, -0.1) is 11.3 Å². The molecule has 2 heterocycles. The fraction of sp³-hybridized carbons (Fsp3) is 0.400. The molecular formula is C25H30N2O6S2. The Hall–Kier alpha value is -2.98. The van der Waals surface area contributed by atoms with Crippen LogP contribution in [0.15, 0.2) is 46.7 Å². The molecule has 8 nitrogen and oxygen atoms in total. The third kappa shape index (κ3) is 5.33. The smallest absolute Gasteiger partial charge is 0.185 e. The molecule has 1 aliphatic rings. The highest BCUT2D eigenvalue weighted by Crippen LogP contribution is 2.35. The average Bonchev–Trinajstić information content (AvgIpc) is 3.36. The number of anilines is 1. The molecule has 0 radical (unpaired) electrons. The molecule has 1 saturated heterocycles. The van der Waals surface area contributed by atoms with Gasteiger partial charge in [0, 0.05) is 36.5 Å². The highest BCUT2D eigenvalue weighted by molar-refractivity contribution is 7.92. The first-order chi connectivity index (χ1) is 16.9. The third-order valence-electron chi connectivity index (χ3n) is 6.23. The van der Waals surface area contributed by atoms with Crippen molar-refractivity contribution in [3.8, 4) is 23.0 Å². The highest BCUT2D eigenvalue weighted by atomic mass is 32.2. The number of methoxy groups -OCH3 is 4. The van der Waals surface area contributed by atoms with Crippen LogP contribution in [-0.2, 0) is 16.3 Å². The minimum Gasteiger partial charge on any atom is -0.497 e. The van der Waals surface area contributed by atoms with Gasteiger partial charge in [0.25, 0.3) is 0 Å². The van der Waals surface area contributed by atoms with Gasteiger partial charge in [-0.25, -0.2) is 13.4 Å². The van der Waals surface area contributed by atoms with Gasteiger partial charge < -0.3 is 23.8 Å². The summed E-state index contributed by atoms with van der Waals surface area (Å²) in [6.07, 6.45) is 1.65. The van der Waals surface area contributed by atoms with Gasteiger partial charge in [0.2, 0.25) is 0 Å². The number of aromatic nitrogens is 1. The van der Waals surface area contributed by atoms with Crippen LogP contribution in [0.5, 0.6) is 23.0 Å². The maximum atomic E-state index is 13.4. The first-order valence-electron chi connectivity index (χ1n) is 11.3. The van der Waals surface area contributed by atoms with Crippen LogP contribution in [0.1, 0.15) is 24.1 Å². The lowest BCUT2D eigenvalue weighted by Crippen LogP contribution is -2.39. The Morgan fingerprint density at radius 2 is 1.54 bits per heavy atom. The van der Waals surface area contributed by atoms with E-state index < -0.39 is 15.1 Å². The van der Waals surface area contributed by atoms with Gasteiger partial charge in [-0.2, -0.15) is 0 Å². The van der Waals surface area contributed by atoms with Crippen LogP contribution in [0.2, 0.25) is 0 Å². The Morgan fingerprint density at radius 1 is 0.914 bits per heavy atom. The van der Waals surface area contributed by atoms with Gasteiger partial charge in [0.15, 0.2) is 15.0 Å². The molecular weight excluding hydrogens is 488 g/mol. The standard InChI is InChI=1S/C25H30N2O6S2/c1-30-19-5-7-22(32-3)17(14-19)13-18-16-34-25(26-18)27-11-9-21(10-12-27)35(28,29)24-15-20(31-2)6-8-23(24)33-4/h5-8,14-16,21H,9-13H2,1-4H3. The van der Waals surface area contributed by atoms with Crippen LogP contribution in [-0.4, -0.2) is 60.2 Å². The zero-order valence-corrected chi connectivity index (χ0v) is 21.9. The van der Waals surface area contributed by atoms with Gasteiger partial charge in [-0.3, -0.25) is 0 Å². The van der Waals surface area contributed by atoms with E-state index in [1.807, 2.05) is 23.6 Å². The van der Waals surface area contributed by atoms with Gasteiger partial charge >= 0.3 is 0 Å². The Balaban J connectivity index is 1.45. The number of thiazole rings is 1. The summed E-state index contributed by atoms with van der Waals surface area (Å²) in [5.74, 6) is 2.39. The van der Waals surface area contributed by atoms with Gasteiger partial charge in [-0.05, 0) is 43.2 Å². The fourth-order valence-corrected chi connectivity index (χ4v) is 7.06. The summed E-state index contributed by atoms with van der Waals surface area (Å²) in [5, 5.41) is 2.45. The zero-order chi connectivity index (χ0) is 25.0. The minimum atomic E-state index is -3.57. The van der Waals surface area contributed by atoms with Crippen molar-refractivity contribution in [2.75, 3.05) is 46.4 Å². The molecule has 1 fully saturated rings. The largest absolute Gasteiger partial charge is 0.497 e. The number of ether oxygens (including phenoxy) is 4. The molecule has 0 unspecified atom stereocenters. The van der Waals surface area contributed by atoms with E-state index in [2.05, 4.69) is 4.90 Å². The van der Waals surface area contributed by atoms with E-state index >= 15 is 0 Å². The highest BCUT2D eigenvalue weighted by Gasteiger charge is 2.34. The molecule has 1 aliphatic heterocycles. The van der Waals surface area contributed by atoms with E-state index in [9.17, 15) is 8.42 Å². The van der Waals surface area contributed by atoms with Crippen LogP contribution in [0.4, 0.5) is 5.13 Å². The molecule has 1 aromatic heterocycles. The minimum absolute atomic E-state index is 0.182. The monoisotopic (exact) mass is 518 g/mol. The van der Waals surface area contributed by atoms with Crippen LogP contribution >= 0.6 is 11.3 Å². The van der Waals surface area contributed by atoms with Crippen molar-refractivity contribution in [1.29, 1.82) is 0 Å². The van der Waals surface area contributed by atoms with Crippen molar-refractivity contribution in [2.24, 2.45) is 0 Å². The van der Waals surface area contributed by atoms with Crippen molar-refractivity contribution >= 4 is 26.3 Å². The number of piperidine rings is 1. The van der Waals surface area contributed by atoms with E-state index in [0.29, 0.717) is 43.9 Å². The average molecular weight is 519 g/mol. The molecule has 0 spiro atoms. The lowest BCUT2D eigenvalue weighted by Gasteiger charge is -2.31. The number of hydrogen-bond donors (Lipinski definition) is 0. The van der Waals surface area contributed by atoms with Crippen molar-refractivity contribution in [2.45, 2.75) is 29.4 Å². The second-order valence-corrected chi connectivity index (χ2v) is 11.3. The SMILES string of the molecule is COc1ccc(OC)c(Cc2csc(N3CCC(S(=O)(=O)c4cc(OC)ccc4OC)CC3)n2)c1. The fourth-order valence-electron chi connectivity index (χ4n) is 4.28. The molecule has 0 N–H and O–H groups in total. The van der Waals surface area contributed by atoms with E-state index in [-0.39, 0.29) is 4.90 Å². The van der Waals surface area contributed by atoms with Gasteiger partial charge in [0.05, 0.1) is 39.4 Å². The summed E-state index contributed by atoms with van der Waals surface area (Å²) in [6, 6.07) is 10.6. The van der Waals surface area contributed by atoms with Crippen LogP contribution in [0.25, 0.3) is 0 Å². The normalized spacial score (nSPS) is 14.6. The van der Waals surface area contributed by atoms with Crippen molar-refractivity contribution in [3.05, 3.63) is 53.0 Å². The predicted molar refractivity (Wildman–Crippen MR) is 136 cm³/mol. The second-order valence-electron chi connectivity index (χ2n) is 8.22. The quantitative estimate of drug-likeness (QED) is 0.416. The molecule has 188 valence electrons. The Labute approximate surface area is 210 Å². The molecule has 0 atom stereocenters. The maximum absolute atomic E-state index is 13.4. The van der Waals surface area contributed by atoms with E-state index in [1.54, 1.807) is 43.8 Å². The molecule has 4 rings (SSSR count). The Morgan fingerprint density at radius 3 is 2.17 bits per heavy atom. The maximum Gasteiger partial charge on any atom is 0.185 e. The first kappa shape index (κ1) is 25.1. The summed E-state index contributed by atoms with van der Waals surface area (Å²) in [5.41, 5.74) is 1.94. The summed E-state index contributed by atoms with van der Waals surface area (Å²) in [6.45, 7) is 1.23. The van der Waals surface area contributed by atoms with Crippen LogP contribution in [0, 0.1) is 0 Å². The topological polar surface area (TPSA) is 87.2 Å². The summed E-state index contributed by atoms with van der Waals surface area (Å²) in [7, 11) is 2.72. The summed E-state index contributed by atoms with van der Waals surface area (Å²) < 4.78 is 48.2. The third-order valence-corrected chi connectivity index (χ3v) is 9.46. The molecule has 0 amide bonds. The summed E-state index contributed by atoms with van der Waals surface area (Å²) in [4.78, 5) is 7.16. The lowest BCUT2D eigenvalue weighted by atomic mass is 10.1. The number of rotatable bonds is 9. The van der Waals surface area contributed by atoms with Crippen molar-refractivity contribution in [3.63, 3.8) is 0 Å². The molecule has 0 aliphatic carbocycles. The molecule has 3 aromatic rings. The molecule has 0 saturated carbocycles. The van der Waals surface area contributed by atoms with E-state index in [0.717, 1.165) is 27.9 Å². The van der Waals surface area contributed by atoms with Crippen molar-refractivity contribution < 1.29 is 27.4 Å². The molecule has 10 heteroatoms. The first-order valence-corrected chi connectivity index (χ1v) is 13.7. The number of benzene rings is 2. The number of hydrogen-bond acceptors (Lipinski definition) is 9. The van der Waals surface area contributed by atoms with Crippen LogP contribution < -0.4 is 23.8 Å². The van der Waals surface area contributed by atoms with Gasteiger partial charge in [-0.1, -0.05) is 0 Å². The lowest BCUT2D eigenvalue weighted by molar-refractivity contribution is 0.391. The molecule has 0 bridgehead atoms. The van der Waals surface area contributed by atoms with E-state index in [4.69, 9.17) is 23.9 Å². The summed E-state index contributed by atoms with van der Waals surface area (Å²) >= 11 is 1.57. The molecule has 2 aromatic carbocycles. The van der Waals surface area contributed by atoms with Gasteiger partial charge in [0.1, 0.15) is 27.9 Å². The number of sulfone groups is 1. The Kier molecular flexibility index (Phi) is 7.71. The second kappa shape index (κ2) is 10.7. The van der Waals surface area contributed by atoms with Crippen molar-refractivity contribution in [1.82, 2.24) is 4.98 Å². The number of nitrogens with zero attached hydrogens (tertiary/aromatic N) is 2. The predicted octanol–water partition coefficient (Wildman–Crippen LogP) is 4.21. The van der Waals surface area contributed by atoms with E-state index in [1.165, 1.54) is 14.2 Å². The Bertz CT molecular complexity index is 1270. The van der Waals surface area contributed by atoms with Crippen LogP contribution in [0.3, 0.4) is 0 Å². The zero-order valence-electron chi connectivity index (χ0n) is 20.3. The molecule has 35 heavy (non-hydrogen) atoms.